The summed E-state index contributed by atoms with van der Waals surface area (Å²) >= 11 is 0. The number of amides is 2. The zero-order valence-corrected chi connectivity index (χ0v) is 25.3. The largest absolute Gasteiger partial charge is 0.505 e. The Morgan fingerprint density at radius 2 is 1.62 bits per heavy atom. The number of hydrogen-bond acceptors (Lipinski definition) is 6. The number of imide groups is 1. The van der Waals surface area contributed by atoms with E-state index in [0.717, 1.165) is 4.90 Å². The molecule has 1 saturated carbocycles. The maximum absolute atomic E-state index is 15.1. The van der Waals surface area contributed by atoms with Crippen molar-refractivity contribution in [2.45, 2.75) is 37.0 Å². The van der Waals surface area contributed by atoms with Gasteiger partial charge in [0.05, 0.1) is 17.3 Å². The smallest absolute Gasteiger partial charge is 0.303 e. The first kappa shape index (κ1) is 30.5. The molecule has 238 valence electrons. The summed E-state index contributed by atoms with van der Waals surface area (Å²) in [4.78, 5) is 69.6. The number of phenolic OH excluding ortho intramolecular Hbond substituents is 1. The third-order valence-corrected chi connectivity index (χ3v) is 10.5. The van der Waals surface area contributed by atoms with Crippen molar-refractivity contribution in [1.29, 1.82) is 0 Å². The number of carbonyl (C=O) groups excluding carboxylic acids is 4. The zero-order chi connectivity index (χ0) is 33.0. The molecule has 0 bridgehead atoms. The molecule has 3 aliphatic carbocycles. The standard InChI is InChI=1S/C38H32FNO7/c39-29-18-22(13-16-30(29)41)34-24-14-15-25-33(37(47)40(36(25)46)17-7-12-32(43)44)27(24)19-28-35(45)26(21-8-3-1-4-9-21)20-31(42)38(28,34)23-10-5-2-6-11-23/h1-6,8-11,13-14,16,18,20,25,27-28,33-34,41H,7,12,15,17,19H2,(H,43,44). The van der Waals surface area contributed by atoms with Gasteiger partial charge in [0.25, 0.3) is 0 Å². The quantitative estimate of drug-likeness (QED) is 0.270. The van der Waals surface area contributed by atoms with Gasteiger partial charge in [-0.3, -0.25) is 28.9 Å². The molecular weight excluding hydrogens is 601 g/mol. The molecule has 6 unspecified atom stereocenters. The Labute approximate surface area is 270 Å². The second-order valence-corrected chi connectivity index (χ2v) is 12.8. The number of hydrogen-bond donors (Lipinski definition) is 2. The molecule has 1 saturated heterocycles. The Balaban J connectivity index is 1.44. The number of benzene rings is 3. The van der Waals surface area contributed by atoms with Crippen LogP contribution in [-0.2, 0) is 29.4 Å². The molecule has 1 aliphatic heterocycles. The van der Waals surface area contributed by atoms with Crippen LogP contribution in [0.5, 0.6) is 5.75 Å². The molecule has 9 heteroatoms. The summed E-state index contributed by atoms with van der Waals surface area (Å²) in [5, 5.41) is 19.2. The predicted octanol–water partition coefficient (Wildman–Crippen LogP) is 5.22. The van der Waals surface area contributed by atoms with Gasteiger partial charge in [0.2, 0.25) is 11.8 Å². The molecule has 0 aromatic heterocycles. The Hall–Kier alpha value is -5.18. The van der Waals surface area contributed by atoms with Gasteiger partial charge < -0.3 is 10.2 Å². The van der Waals surface area contributed by atoms with Crippen molar-refractivity contribution in [2.75, 3.05) is 6.54 Å². The maximum atomic E-state index is 15.1. The highest BCUT2D eigenvalue weighted by atomic mass is 19.1. The monoisotopic (exact) mass is 633 g/mol. The zero-order valence-electron chi connectivity index (χ0n) is 25.3. The van der Waals surface area contributed by atoms with Gasteiger partial charge in [0, 0.05) is 30.4 Å². The number of phenols is 1. The van der Waals surface area contributed by atoms with E-state index >= 15 is 4.39 Å². The summed E-state index contributed by atoms with van der Waals surface area (Å²) in [6.45, 7) is -0.0265. The third-order valence-electron chi connectivity index (χ3n) is 10.5. The molecule has 3 aromatic rings. The number of carboxylic acid groups (broad SMARTS) is 1. The lowest BCUT2D eigenvalue weighted by molar-refractivity contribution is -0.142. The Bertz CT molecular complexity index is 1880. The number of aliphatic carboxylic acids is 1. The van der Waals surface area contributed by atoms with Crippen LogP contribution < -0.4 is 0 Å². The fourth-order valence-corrected chi connectivity index (χ4v) is 8.63. The van der Waals surface area contributed by atoms with Crippen LogP contribution in [0.1, 0.15) is 48.3 Å². The molecular formula is C38H32FNO7. The van der Waals surface area contributed by atoms with Crippen LogP contribution in [0.25, 0.3) is 5.57 Å². The molecule has 8 nitrogen and oxygen atoms in total. The fourth-order valence-electron chi connectivity index (χ4n) is 8.63. The summed E-state index contributed by atoms with van der Waals surface area (Å²) in [6.07, 6.45) is 3.51. The number of likely N-dealkylation sites (tertiary alicyclic amines) is 1. The Morgan fingerprint density at radius 3 is 2.30 bits per heavy atom. The minimum Gasteiger partial charge on any atom is -0.505 e. The summed E-state index contributed by atoms with van der Waals surface area (Å²) in [7, 11) is 0. The van der Waals surface area contributed by atoms with E-state index in [2.05, 4.69) is 0 Å². The number of fused-ring (bicyclic) bond motifs is 4. The lowest BCUT2D eigenvalue weighted by atomic mass is 9.44. The molecule has 2 N–H and O–H groups in total. The van der Waals surface area contributed by atoms with Gasteiger partial charge >= 0.3 is 5.97 Å². The lowest BCUT2D eigenvalue weighted by Gasteiger charge is -2.55. The predicted molar refractivity (Wildman–Crippen MR) is 168 cm³/mol. The van der Waals surface area contributed by atoms with E-state index in [-0.39, 0.29) is 55.3 Å². The average molecular weight is 634 g/mol. The normalized spacial score (nSPS) is 28.3. The highest BCUT2D eigenvalue weighted by Crippen LogP contribution is 2.63. The number of ketones is 2. The van der Waals surface area contributed by atoms with E-state index in [1.165, 1.54) is 18.2 Å². The number of Topliss-reactive ketones (excluding diaryl/α,β-unsaturated/α-hetero) is 1. The van der Waals surface area contributed by atoms with Crippen LogP contribution in [0.2, 0.25) is 0 Å². The molecule has 0 spiro atoms. The minimum absolute atomic E-state index is 0.0265. The maximum Gasteiger partial charge on any atom is 0.303 e. The van der Waals surface area contributed by atoms with Crippen molar-refractivity contribution in [1.82, 2.24) is 4.90 Å². The third kappa shape index (κ3) is 4.67. The van der Waals surface area contributed by atoms with Crippen LogP contribution >= 0.6 is 0 Å². The topological polar surface area (TPSA) is 129 Å². The number of nitrogens with zero attached hydrogens (tertiary/aromatic N) is 1. The van der Waals surface area contributed by atoms with Crippen molar-refractivity contribution in [3.63, 3.8) is 0 Å². The highest BCUT2D eigenvalue weighted by Gasteiger charge is 2.65. The Morgan fingerprint density at radius 1 is 0.915 bits per heavy atom. The molecule has 1 heterocycles. The molecule has 0 radical (unpaired) electrons. The van der Waals surface area contributed by atoms with Gasteiger partial charge in [0.1, 0.15) is 0 Å². The molecule has 6 atom stereocenters. The molecule has 3 aromatic carbocycles. The fraction of sp³-hybridized carbons (Fsp3) is 0.289. The number of carbonyl (C=O) groups is 5. The van der Waals surface area contributed by atoms with E-state index in [9.17, 15) is 29.1 Å². The highest BCUT2D eigenvalue weighted by molar-refractivity contribution is 6.31. The Kier molecular flexibility index (Phi) is 7.50. The SMILES string of the molecule is O=C(O)CCCN1C(=O)C2CC=C3C(CC4C(=O)C(c5ccccc5)=CC(=O)C4(c4ccccc4)C3c3ccc(O)c(F)c3)C2C1=O. The molecule has 7 rings (SSSR count). The molecule has 47 heavy (non-hydrogen) atoms. The van der Waals surface area contributed by atoms with E-state index in [1.54, 1.807) is 54.6 Å². The van der Waals surface area contributed by atoms with Gasteiger partial charge in [-0.2, -0.15) is 0 Å². The van der Waals surface area contributed by atoms with Gasteiger partial charge in [0.15, 0.2) is 23.1 Å². The van der Waals surface area contributed by atoms with Crippen LogP contribution in [0, 0.1) is 29.5 Å². The average Bonchev–Trinajstić information content (AvgIpc) is 3.32. The molecule has 2 fully saturated rings. The number of aromatic hydroxyl groups is 1. The van der Waals surface area contributed by atoms with Crippen LogP contribution in [-0.4, -0.2) is 51.0 Å². The van der Waals surface area contributed by atoms with Crippen LogP contribution in [0.3, 0.4) is 0 Å². The van der Waals surface area contributed by atoms with E-state index < -0.39 is 58.4 Å². The summed E-state index contributed by atoms with van der Waals surface area (Å²) < 4.78 is 15.1. The first-order valence-electron chi connectivity index (χ1n) is 15.8. The van der Waals surface area contributed by atoms with Gasteiger partial charge in [-0.1, -0.05) is 78.4 Å². The summed E-state index contributed by atoms with van der Waals surface area (Å²) in [5.41, 5.74) is 0.975. The van der Waals surface area contributed by atoms with Crippen molar-refractivity contribution in [3.8, 4) is 5.75 Å². The van der Waals surface area contributed by atoms with Crippen molar-refractivity contribution in [3.05, 3.63) is 119 Å². The number of carboxylic acids is 1. The van der Waals surface area contributed by atoms with Crippen molar-refractivity contribution >= 4 is 34.9 Å². The van der Waals surface area contributed by atoms with Crippen LogP contribution in [0.15, 0.2) is 96.6 Å². The second-order valence-electron chi connectivity index (χ2n) is 12.8. The number of rotatable bonds is 7. The number of halogens is 1. The molecule has 2 amide bonds. The second kappa shape index (κ2) is 11.6. The minimum atomic E-state index is -1.50. The van der Waals surface area contributed by atoms with Crippen molar-refractivity contribution in [2.24, 2.45) is 23.7 Å². The van der Waals surface area contributed by atoms with Gasteiger partial charge in [-0.15, -0.1) is 0 Å². The summed E-state index contributed by atoms with van der Waals surface area (Å²) in [6, 6.07) is 21.8. The van der Waals surface area contributed by atoms with E-state index in [1.807, 2.05) is 18.2 Å². The first-order chi connectivity index (χ1) is 22.6. The van der Waals surface area contributed by atoms with Gasteiger partial charge in [-0.25, -0.2) is 4.39 Å². The number of allylic oxidation sites excluding steroid dienone is 4. The lowest BCUT2D eigenvalue weighted by Crippen LogP contribution is -2.58. The first-order valence-corrected chi connectivity index (χ1v) is 15.8. The van der Waals surface area contributed by atoms with Crippen molar-refractivity contribution < 1.29 is 38.6 Å². The summed E-state index contributed by atoms with van der Waals surface area (Å²) in [5.74, 6) is -7.85. The van der Waals surface area contributed by atoms with Gasteiger partial charge in [-0.05, 0) is 60.1 Å². The molecule has 4 aliphatic rings. The van der Waals surface area contributed by atoms with E-state index in [4.69, 9.17) is 5.11 Å². The van der Waals surface area contributed by atoms with Crippen LogP contribution in [0.4, 0.5) is 4.39 Å². The van der Waals surface area contributed by atoms with E-state index in [0.29, 0.717) is 22.3 Å².